The van der Waals surface area contributed by atoms with Crippen LogP contribution in [0.1, 0.15) is 20.3 Å². The van der Waals surface area contributed by atoms with E-state index in [0.29, 0.717) is 17.3 Å². The molecule has 0 aliphatic carbocycles. The Morgan fingerprint density at radius 3 is 2.83 bits per heavy atom. The number of amides is 1. The molecular formula is C16H21ClN4O2. The Morgan fingerprint density at radius 2 is 2.17 bits per heavy atom. The summed E-state index contributed by atoms with van der Waals surface area (Å²) in [6.45, 7) is 3.96. The van der Waals surface area contributed by atoms with Crippen molar-refractivity contribution >= 4 is 24.0 Å². The van der Waals surface area contributed by atoms with Crippen LogP contribution in [0.4, 0.5) is 5.69 Å². The molecule has 2 unspecified atom stereocenters. The highest BCUT2D eigenvalue weighted by molar-refractivity contribution is 5.95. The summed E-state index contributed by atoms with van der Waals surface area (Å²) < 4.78 is 5.57. The van der Waals surface area contributed by atoms with Crippen molar-refractivity contribution in [3.05, 3.63) is 42.9 Å². The van der Waals surface area contributed by atoms with Crippen molar-refractivity contribution < 1.29 is 9.53 Å². The number of nitrogens with one attached hydrogen (secondary N) is 1. The Kier molecular flexibility index (Phi) is 7.44. The third-order valence-corrected chi connectivity index (χ3v) is 3.42. The third-order valence-electron chi connectivity index (χ3n) is 3.42. The van der Waals surface area contributed by atoms with Crippen LogP contribution in [0.5, 0.6) is 11.6 Å². The SMILES string of the molecule is CCC(C)C(N)C(=O)Nc1cccc(Oc2cnccn2)c1.Cl. The number of hydrogen-bond acceptors (Lipinski definition) is 5. The number of hydrogen-bond donors (Lipinski definition) is 2. The normalized spacial score (nSPS) is 12.7. The zero-order chi connectivity index (χ0) is 15.9. The highest BCUT2D eigenvalue weighted by Gasteiger charge is 2.19. The number of rotatable bonds is 6. The van der Waals surface area contributed by atoms with E-state index >= 15 is 0 Å². The van der Waals surface area contributed by atoms with Crippen molar-refractivity contribution in [2.24, 2.45) is 11.7 Å². The van der Waals surface area contributed by atoms with Gasteiger partial charge in [-0.2, -0.15) is 0 Å². The van der Waals surface area contributed by atoms with Crippen LogP contribution in [0.15, 0.2) is 42.9 Å². The molecule has 2 rings (SSSR count). The highest BCUT2D eigenvalue weighted by atomic mass is 35.5. The van der Waals surface area contributed by atoms with Gasteiger partial charge in [-0.3, -0.25) is 9.78 Å². The number of carbonyl (C=O) groups excluding carboxylic acids is 1. The highest BCUT2D eigenvalue weighted by Crippen LogP contribution is 2.22. The van der Waals surface area contributed by atoms with Gasteiger partial charge in [-0.1, -0.05) is 26.3 Å². The molecule has 0 aliphatic rings. The van der Waals surface area contributed by atoms with E-state index in [1.54, 1.807) is 36.7 Å². The smallest absolute Gasteiger partial charge is 0.241 e. The van der Waals surface area contributed by atoms with E-state index in [1.807, 2.05) is 13.8 Å². The Morgan fingerprint density at radius 1 is 1.39 bits per heavy atom. The molecule has 0 fully saturated rings. The Labute approximate surface area is 141 Å². The van der Waals surface area contributed by atoms with Crippen LogP contribution in [0.3, 0.4) is 0 Å². The maximum Gasteiger partial charge on any atom is 0.241 e. The van der Waals surface area contributed by atoms with Crippen LogP contribution < -0.4 is 15.8 Å². The average Bonchev–Trinajstić information content (AvgIpc) is 2.54. The fraction of sp³-hybridized carbons (Fsp3) is 0.312. The van der Waals surface area contributed by atoms with Crippen molar-refractivity contribution in [3.63, 3.8) is 0 Å². The predicted octanol–water partition coefficient (Wildman–Crippen LogP) is 3.00. The summed E-state index contributed by atoms with van der Waals surface area (Å²) in [7, 11) is 0. The minimum absolute atomic E-state index is 0. The second-order valence-electron chi connectivity index (χ2n) is 5.07. The molecule has 0 saturated heterocycles. The van der Waals surface area contributed by atoms with Gasteiger partial charge in [-0.15, -0.1) is 12.4 Å². The standard InChI is InChI=1S/C16H20N4O2.ClH/c1-3-11(2)15(17)16(21)20-12-5-4-6-13(9-12)22-14-10-18-7-8-19-14;/h4-11,15H,3,17H2,1-2H3,(H,20,21);1H. The minimum atomic E-state index is -0.533. The molecule has 1 aromatic carbocycles. The topological polar surface area (TPSA) is 90.1 Å². The maximum atomic E-state index is 12.1. The van der Waals surface area contributed by atoms with E-state index in [2.05, 4.69) is 15.3 Å². The quantitative estimate of drug-likeness (QED) is 0.846. The van der Waals surface area contributed by atoms with Crippen LogP contribution in [0.2, 0.25) is 0 Å². The van der Waals surface area contributed by atoms with Crippen molar-refractivity contribution in [2.45, 2.75) is 26.3 Å². The van der Waals surface area contributed by atoms with Gasteiger partial charge in [-0.25, -0.2) is 4.98 Å². The van der Waals surface area contributed by atoms with Gasteiger partial charge in [0.15, 0.2) is 0 Å². The van der Waals surface area contributed by atoms with Crippen LogP contribution >= 0.6 is 12.4 Å². The molecule has 0 bridgehead atoms. The number of anilines is 1. The second-order valence-corrected chi connectivity index (χ2v) is 5.07. The first-order chi connectivity index (χ1) is 10.6. The fourth-order valence-electron chi connectivity index (χ4n) is 1.83. The first-order valence-corrected chi connectivity index (χ1v) is 7.20. The van der Waals surface area contributed by atoms with Gasteiger partial charge in [0.05, 0.1) is 12.2 Å². The summed E-state index contributed by atoms with van der Waals surface area (Å²) in [6, 6.07) is 6.53. The molecule has 23 heavy (non-hydrogen) atoms. The van der Waals surface area contributed by atoms with Crippen LogP contribution in [0, 0.1) is 5.92 Å². The molecule has 0 saturated carbocycles. The molecule has 1 aromatic heterocycles. The van der Waals surface area contributed by atoms with Crippen molar-refractivity contribution in [1.82, 2.24) is 9.97 Å². The third kappa shape index (κ3) is 5.50. The molecular weight excluding hydrogens is 316 g/mol. The molecule has 0 radical (unpaired) electrons. The first-order valence-electron chi connectivity index (χ1n) is 7.20. The van der Waals surface area contributed by atoms with Gasteiger partial charge in [0.1, 0.15) is 5.75 Å². The Hall–Kier alpha value is -2.18. The van der Waals surface area contributed by atoms with E-state index in [4.69, 9.17) is 10.5 Å². The van der Waals surface area contributed by atoms with Gasteiger partial charge in [-0.05, 0) is 18.1 Å². The lowest BCUT2D eigenvalue weighted by Crippen LogP contribution is -2.40. The number of ether oxygens (including phenoxy) is 1. The zero-order valence-corrected chi connectivity index (χ0v) is 13.9. The van der Waals surface area contributed by atoms with Crippen LogP contribution in [-0.2, 0) is 4.79 Å². The molecule has 2 aromatic rings. The van der Waals surface area contributed by atoms with Gasteiger partial charge in [0.25, 0.3) is 0 Å². The summed E-state index contributed by atoms with van der Waals surface area (Å²) in [5, 5.41) is 2.80. The van der Waals surface area contributed by atoms with E-state index in [9.17, 15) is 4.79 Å². The molecule has 3 N–H and O–H groups in total. The van der Waals surface area contributed by atoms with Gasteiger partial charge < -0.3 is 15.8 Å². The minimum Gasteiger partial charge on any atom is -0.437 e. The number of nitrogens with two attached hydrogens (primary N) is 1. The summed E-state index contributed by atoms with van der Waals surface area (Å²) >= 11 is 0. The number of aromatic nitrogens is 2. The molecule has 0 spiro atoms. The Bertz CT molecular complexity index is 624. The molecule has 7 heteroatoms. The lowest BCUT2D eigenvalue weighted by Gasteiger charge is -2.17. The van der Waals surface area contributed by atoms with E-state index in [-0.39, 0.29) is 24.2 Å². The van der Waals surface area contributed by atoms with E-state index < -0.39 is 6.04 Å². The lowest BCUT2D eigenvalue weighted by atomic mass is 9.99. The molecule has 0 aliphatic heterocycles. The average molecular weight is 337 g/mol. The zero-order valence-electron chi connectivity index (χ0n) is 13.1. The van der Waals surface area contributed by atoms with Crippen molar-refractivity contribution in [2.75, 3.05) is 5.32 Å². The largest absolute Gasteiger partial charge is 0.437 e. The van der Waals surface area contributed by atoms with Crippen LogP contribution in [-0.4, -0.2) is 21.9 Å². The van der Waals surface area contributed by atoms with Gasteiger partial charge in [0.2, 0.25) is 11.8 Å². The Balaban J connectivity index is 0.00000264. The number of nitrogens with zero attached hydrogens (tertiary/aromatic N) is 2. The van der Waals surface area contributed by atoms with Gasteiger partial charge >= 0.3 is 0 Å². The number of benzene rings is 1. The lowest BCUT2D eigenvalue weighted by molar-refractivity contribution is -0.118. The number of halogens is 1. The summed E-state index contributed by atoms with van der Waals surface area (Å²) in [5.41, 5.74) is 6.55. The summed E-state index contributed by atoms with van der Waals surface area (Å²) in [4.78, 5) is 20.0. The first kappa shape index (κ1) is 18.9. The van der Waals surface area contributed by atoms with Gasteiger partial charge in [0, 0.05) is 24.1 Å². The van der Waals surface area contributed by atoms with Crippen LogP contribution in [0.25, 0.3) is 0 Å². The summed E-state index contributed by atoms with van der Waals surface area (Å²) in [5.74, 6) is 0.878. The maximum absolute atomic E-state index is 12.1. The van der Waals surface area contributed by atoms with Crippen molar-refractivity contribution in [3.8, 4) is 11.6 Å². The van der Waals surface area contributed by atoms with E-state index in [1.165, 1.54) is 6.20 Å². The molecule has 2 atom stereocenters. The fourth-order valence-corrected chi connectivity index (χ4v) is 1.83. The number of carbonyl (C=O) groups is 1. The molecule has 124 valence electrons. The monoisotopic (exact) mass is 336 g/mol. The van der Waals surface area contributed by atoms with E-state index in [0.717, 1.165) is 6.42 Å². The molecule has 1 heterocycles. The molecule has 1 amide bonds. The second kappa shape index (κ2) is 9.07. The molecule has 6 nitrogen and oxygen atoms in total. The predicted molar refractivity (Wildman–Crippen MR) is 91.9 cm³/mol. The summed E-state index contributed by atoms with van der Waals surface area (Å²) in [6.07, 6.45) is 5.49. The van der Waals surface area contributed by atoms with Crippen molar-refractivity contribution in [1.29, 1.82) is 0 Å².